The molecule has 0 spiro atoms. The zero-order valence-corrected chi connectivity index (χ0v) is 18.7. The molecule has 1 N–H and O–H groups in total. The van der Waals surface area contributed by atoms with Gasteiger partial charge in [-0.15, -0.1) is 16.4 Å². The summed E-state index contributed by atoms with van der Waals surface area (Å²) < 4.78 is 6.50. The third kappa shape index (κ3) is 5.55. The molecule has 166 valence electrons. The van der Waals surface area contributed by atoms with Crippen molar-refractivity contribution in [2.24, 2.45) is 0 Å². The number of carbonyl (C=O) groups excluding carboxylic acids is 2. The average molecular weight is 461 g/mol. The fraction of sp³-hybridized carbons (Fsp3) is 0.130. The Balaban J connectivity index is 1.41. The van der Waals surface area contributed by atoms with Crippen LogP contribution in [0.15, 0.2) is 60.0 Å². The van der Waals surface area contributed by atoms with Crippen LogP contribution in [0.1, 0.15) is 17.0 Å². The van der Waals surface area contributed by atoms with Gasteiger partial charge in [-0.2, -0.15) is 4.68 Å². The van der Waals surface area contributed by atoms with Crippen LogP contribution >= 0.6 is 11.3 Å². The molecule has 9 nitrogen and oxygen atoms in total. The molecule has 1 amide bonds. The van der Waals surface area contributed by atoms with Gasteiger partial charge in [-0.25, -0.2) is 9.78 Å². The molecule has 0 fully saturated rings. The fourth-order valence-electron chi connectivity index (χ4n) is 2.92. The first-order valence-corrected chi connectivity index (χ1v) is 10.9. The summed E-state index contributed by atoms with van der Waals surface area (Å²) in [6.45, 7) is 3.19. The number of ether oxygens (including phenoxy) is 1. The van der Waals surface area contributed by atoms with E-state index >= 15 is 0 Å². The van der Waals surface area contributed by atoms with Crippen molar-refractivity contribution in [3.8, 4) is 11.3 Å². The maximum Gasteiger partial charge on any atom is 0.357 e. The number of tetrazole rings is 1. The maximum absolute atomic E-state index is 12.8. The van der Waals surface area contributed by atoms with Gasteiger partial charge in [0, 0.05) is 10.9 Å². The lowest BCUT2D eigenvalue weighted by atomic mass is 10.1. The third-order valence-corrected chi connectivity index (χ3v) is 5.36. The summed E-state index contributed by atoms with van der Waals surface area (Å²) in [5.41, 5.74) is 3.72. The molecule has 2 heterocycles. The fourth-order valence-corrected chi connectivity index (χ4v) is 3.65. The van der Waals surface area contributed by atoms with E-state index in [0.29, 0.717) is 11.0 Å². The number of thiazole rings is 1. The summed E-state index contributed by atoms with van der Waals surface area (Å²) in [5, 5.41) is 16.2. The maximum atomic E-state index is 12.8. The molecule has 0 aliphatic heterocycles. The van der Waals surface area contributed by atoms with Gasteiger partial charge < -0.3 is 4.74 Å². The van der Waals surface area contributed by atoms with Gasteiger partial charge in [0.15, 0.2) is 23.3 Å². The first kappa shape index (κ1) is 22.0. The first-order chi connectivity index (χ1) is 16.0. The van der Waals surface area contributed by atoms with Crippen LogP contribution in [0.2, 0.25) is 0 Å². The molecular weight excluding hydrogens is 440 g/mol. The molecule has 2 aromatic carbocycles. The zero-order valence-electron chi connectivity index (χ0n) is 17.9. The highest BCUT2D eigenvalue weighted by molar-refractivity contribution is 7.14. The average Bonchev–Trinajstić information content (AvgIpc) is 3.46. The predicted molar refractivity (Wildman–Crippen MR) is 125 cm³/mol. The van der Waals surface area contributed by atoms with E-state index in [1.54, 1.807) is 13.0 Å². The summed E-state index contributed by atoms with van der Waals surface area (Å²) in [4.78, 5) is 29.5. The molecule has 33 heavy (non-hydrogen) atoms. The van der Waals surface area contributed by atoms with Crippen molar-refractivity contribution in [3.05, 3.63) is 76.9 Å². The van der Waals surface area contributed by atoms with Gasteiger partial charge >= 0.3 is 5.97 Å². The van der Waals surface area contributed by atoms with Crippen LogP contribution in [-0.4, -0.2) is 43.7 Å². The van der Waals surface area contributed by atoms with E-state index in [2.05, 4.69) is 25.8 Å². The van der Waals surface area contributed by atoms with E-state index in [4.69, 9.17) is 4.74 Å². The Morgan fingerprint density at radius 3 is 2.55 bits per heavy atom. The SMILES string of the molecule is Cc1ccc(-c2csc(NC(=O)COC(=O)/C(=C/c3ccccc3)n3nnnc3C)n2)cc1. The molecule has 0 aliphatic carbocycles. The highest BCUT2D eigenvalue weighted by atomic mass is 32.1. The van der Waals surface area contributed by atoms with Crippen molar-refractivity contribution in [1.29, 1.82) is 0 Å². The largest absolute Gasteiger partial charge is 0.451 e. The Morgan fingerprint density at radius 1 is 1.09 bits per heavy atom. The molecule has 10 heteroatoms. The van der Waals surface area contributed by atoms with E-state index in [1.807, 2.05) is 66.9 Å². The van der Waals surface area contributed by atoms with Crippen LogP contribution in [0.25, 0.3) is 23.0 Å². The van der Waals surface area contributed by atoms with Crippen molar-refractivity contribution in [2.45, 2.75) is 13.8 Å². The number of benzene rings is 2. The molecule has 0 saturated carbocycles. The number of carbonyl (C=O) groups is 2. The molecule has 0 saturated heterocycles. The highest BCUT2D eigenvalue weighted by Gasteiger charge is 2.19. The van der Waals surface area contributed by atoms with Crippen molar-refractivity contribution < 1.29 is 14.3 Å². The van der Waals surface area contributed by atoms with Crippen molar-refractivity contribution >= 4 is 40.1 Å². The molecule has 4 aromatic rings. The standard InChI is InChI=1S/C23H20N6O3S/c1-15-8-10-18(11-9-15)19-14-33-23(24-19)25-21(30)13-32-22(31)20(29-16(2)26-27-28-29)12-17-6-4-3-5-7-17/h3-12,14H,13H2,1-2H3,(H,24,25,30)/b20-12-. The minimum Gasteiger partial charge on any atom is -0.451 e. The van der Waals surface area contributed by atoms with Gasteiger partial charge in [-0.05, 0) is 35.9 Å². The summed E-state index contributed by atoms with van der Waals surface area (Å²) in [6, 6.07) is 17.1. The lowest BCUT2D eigenvalue weighted by molar-refractivity contribution is -0.141. The van der Waals surface area contributed by atoms with E-state index in [9.17, 15) is 9.59 Å². The van der Waals surface area contributed by atoms with Crippen LogP contribution in [-0.2, 0) is 14.3 Å². The van der Waals surface area contributed by atoms with Crippen molar-refractivity contribution in [1.82, 2.24) is 25.2 Å². The highest BCUT2D eigenvalue weighted by Crippen LogP contribution is 2.25. The Morgan fingerprint density at radius 2 is 1.85 bits per heavy atom. The summed E-state index contributed by atoms with van der Waals surface area (Å²) in [5.74, 6) is -0.824. The number of esters is 1. The molecule has 0 bridgehead atoms. The molecule has 2 aromatic heterocycles. The van der Waals surface area contributed by atoms with E-state index in [0.717, 1.165) is 22.4 Å². The summed E-state index contributed by atoms with van der Waals surface area (Å²) in [6.07, 6.45) is 1.60. The lowest BCUT2D eigenvalue weighted by Gasteiger charge is -2.09. The van der Waals surface area contributed by atoms with Crippen LogP contribution in [0, 0.1) is 13.8 Å². The van der Waals surface area contributed by atoms with Gasteiger partial charge in [0.1, 0.15) is 0 Å². The van der Waals surface area contributed by atoms with E-state index < -0.39 is 18.5 Å². The number of amides is 1. The van der Waals surface area contributed by atoms with Gasteiger partial charge in [-0.3, -0.25) is 10.1 Å². The van der Waals surface area contributed by atoms with Crippen LogP contribution < -0.4 is 5.32 Å². The Hall–Kier alpha value is -4.18. The summed E-state index contributed by atoms with van der Waals surface area (Å²) >= 11 is 1.29. The van der Waals surface area contributed by atoms with Gasteiger partial charge in [0.2, 0.25) is 0 Å². The van der Waals surface area contributed by atoms with E-state index in [1.165, 1.54) is 16.0 Å². The molecule has 4 rings (SSSR count). The topological polar surface area (TPSA) is 112 Å². The number of aryl methyl sites for hydroxylation is 2. The number of nitrogens with one attached hydrogen (secondary N) is 1. The minimum absolute atomic E-state index is 0.0902. The minimum atomic E-state index is -0.733. The van der Waals surface area contributed by atoms with Crippen molar-refractivity contribution in [3.63, 3.8) is 0 Å². The van der Waals surface area contributed by atoms with Gasteiger partial charge in [0.05, 0.1) is 5.69 Å². The second kappa shape index (κ2) is 9.96. The monoisotopic (exact) mass is 460 g/mol. The molecule has 0 unspecified atom stereocenters. The normalized spacial score (nSPS) is 11.3. The molecule has 0 radical (unpaired) electrons. The lowest BCUT2D eigenvalue weighted by Crippen LogP contribution is -2.23. The van der Waals surface area contributed by atoms with Crippen molar-refractivity contribution in [2.75, 3.05) is 11.9 Å². The molecule has 0 atom stereocenters. The zero-order chi connectivity index (χ0) is 23.2. The quantitative estimate of drug-likeness (QED) is 0.331. The number of nitrogens with zero attached hydrogens (tertiary/aromatic N) is 5. The molecule has 0 aliphatic rings. The number of aromatic nitrogens is 5. The van der Waals surface area contributed by atoms with Gasteiger partial charge in [-0.1, -0.05) is 60.2 Å². The predicted octanol–water partition coefficient (Wildman–Crippen LogP) is 3.59. The van der Waals surface area contributed by atoms with Gasteiger partial charge in [0.25, 0.3) is 5.91 Å². The number of anilines is 1. The first-order valence-electron chi connectivity index (χ1n) is 10.0. The third-order valence-electron chi connectivity index (χ3n) is 4.60. The Bertz CT molecular complexity index is 1300. The smallest absolute Gasteiger partial charge is 0.357 e. The second-order valence-electron chi connectivity index (χ2n) is 7.11. The molecular formula is C23H20N6O3S. The number of rotatable bonds is 7. The van der Waals surface area contributed by atoms with Crippen LogP contribution in [0.3, 0.4) is 0 Å². The van der Waals surface area contributed by atoms with E-state index in [-0.39, 0.29) is 5.70 Å². The Labute approximate surface area is 193 Å². The number of hydrogen-bond acceptors (Lipinski definition) is 8. The second-order valence-corrected chi connectivity index (χ2v) is 7.96. The number of hydrogen-bond donors (Lipinski definition) is 1. The summed E-state index contributed by atoms with van der Waals surface area (Å²) in [7, 11) is 0. The Kier molecular flexibility index (Phi) is 6.65. The van der Waals surface area contributed by atoms with Crippen LogP contribution in [0.5, 0.6) is 0 Å². The van der Waals surface area contributed by atoms with Crippen LogP contribution in [0.4, 0.5) is 5.13 Å².